The third-order valence-electron chi connectivity index (χ3n) is 2.32. The molecule has 1 saturated heterocycles. The lowest BCUT2D eigenvalue weighted by molar-refractivity contribution is -0.122. The van der Waals surface area contributed by atoms with Gasteiger partial charge in [0.05, 0.1) is 4.47 Å². The van der Waals surface area contributed by atoms with Gasteiger partial charge in [0, 0.05) is 25.2 Å². The van der Waals surface area contributed by atoms with Crippen LogP contribution in [-0.4, -0.2) is 28.5 Å². The number of amides is 1. The van der Waals surface area contributed by atoms with Crippen LogP contribution in [0.1, 0.15) is 12.8 Å². The Balaban J connectivity index is 2.03. The van der Waals surface area contributed by atoms with Crippen LogP contribution in [0, 0.1) is 0 Å². The first kappa shape index (κ1) is 11.6. The number of hydrogen-bond acceptors (Lipinski definition) is 4. The normalized spacial score (nSPS) is 20.4. The van der Waals surface area contributed by atoms with E-state index in [9.17, 15) is 4.79 Å². The van der Waals surface area contributed by atoms with Crippen molar-refractivity contribution in [3.63, 3.8) is 0 Å². The predicted octanol–water partition coefficient (Wildman–Crippen LogP) is 1.58. The highest BCUT2D eigenvalue weighted by Gasteiger charge is 2.18. The van der Waals surface area contributed by atoms with Crippen molar-refractivity contribution in [2.24, 2.45) is 0 Å². The maximum absolute atomic E-state index is 11.0. The number of carbonyl (C=O) groups is 1. The molecule has 7 heteroatoms. The van der Waals surface area contributed by atoms with Crippen LogP contribution in [0.2, 0.25) is 5.28 Å². The minimum atomic E-state index is 0.0952. The van der Waals surface area contributed by atoms with E-state index < -0.39 is 0 Å². The van der Waals surface area contributed by atoms with Crippen molar-refractivity contribution < 1.29 is 4.79 Å². The van der Waals surface area contributed by atoms with Crippen molar-refractivity contribution in [2.45, 2.75) is 18.9 Å². The number of anilines is 1. The summed E-state index contributed by atoms with van der Waals surface area (Å²) in [5.74, 6) is 0.749. The molecule has 1 aliphatic heterocycles. The van der Waals surface area contributed by atoms with Crippen molar-refractivity contribution in [2.75, 3.05) is 11.9 Å². The number of aromatic nitrogens is 2. The van der Waals surface area contributed by atoms with Crippen molar-refractivity contribution in [1.82, 2.24) is 15.3 Å². The van der Waals surface area contributed by atoms with E-state index in [0.29, 0.717) is 18.8 Å². The molecule has 2 rings (SSSR count). The van der Waals surface area contributed by atoms with Gasteiger partial charge in [-0.2, -0.15) is 4.98 Å². The van der Waals surface area contributed by atoms with Gasteiger partial charge in [-0.3, -0.25) is 4.79 Å². The molecule has 1 unspecified atom stereocenters. The van der Waals surface area contributed by atoms with Crippen LogP contribution in [0.5, 0.6) is 0 Å². The van der Waals surface area contributed by atoms with Crippen molar-refractivity contribution >= 4 is 39.3 Å². The number of nitrogens with one attached hydrogen (secondary N) is 2. The highest BCUT2D eigenvalue weighted by atomic mass is 79.9. The first-order valence-electron chi connectivity index (χ1n) is 4.86. The van der Waals surface area contributed by atoms with Crippen molar-refractivity contribution in [3.05, 3.63) is 16.0 Å². The second-order valence-corrected chi connectivity index (χ2v) is 4.71. The van der Waals surface area contributed by atoms with Gasteiger partial charge in [0.15, 0.2) is 0 Å². The molecule has 0 aromatic carbocycles. The van der Waals surface area contributed by atoms with Crippen LogP contribution in [0.3, 0.4) is 0 Å². The van der Waals surface area contributed by atoms with Crippen molar-refractivity contribution in [3.8, 4) is 0 Å². The van der Waals surface area contributed by atoms with Gasteiger partial charge in [0.2, 0.25) is 11.2 Å². The smallest absolute Gasteiger partial charge is 0.224 e. The Labute approximate surface area is 106 Å². The molecule has 0 radical (unpaired) electrons. The Morgan fingerprint density at radius 1 is 1.62 bits per heavy atom. The first-order valence-corrected chi connectivity index (χ1v) is 6.03. The van der Waals surface area contributed by atoms with E-state index in [1.165, 1.54) is 0 Å². The molecule has 1 aromatic rings. The second kappa shape index (κ2) is 4.97. The first-order chi connectivity index (χ1) is 7.65. The van der Waals surface area contributed by atoms with E-state index in [-0.39, 0.29) is 17.2 Å². The summed E-state index contributed by atoms with van der Waals surface area (Å²) >= 11 is 9.04. The molecule has 0 bridgehead atoms. The molecule has 1 atom stereocenters. The zero-order valence-corrected chi connectivity index (χ0v) is 10.7. The molecule has 1 amide bonds. The summed E-state index contributed by atoms with van der Waals surface area (Å²) < 4.78 is 0.758. The highest BCUT2D eigenvalue weighted by molar-refractivity contribution is 9.10. The number of halogens is 2. The third kappa shape index (κ3) is 2.82. The van der Waals surface area contributed by atoms with Gasteiger partial charge in [-0.25, -0.2) is 4.98 Å². The average molecular weight is 306 g/mol. The fourth-order valence-corrected chi connectivity index (χ4v) is 1.93. The molecule has 5 nitrogen and oxygen atoms in total. The van der Waals surface area contributed by atoms with Gasteiger partial charge < -0.3 is 10.6 Å². The lowest BCUT2D eigenvalue weighted by atomic mass is 10.1. The number of piperidine rings is 1. The molecule has 1 aliphatic rings. The Morgan fingerprint density at radius 3 is 3.12 bits per heavy atom. The average Bonchev–Trinajstić information content (AvgIpc) is 2.27. The van der Waals surface area contributed by atoms with Crippen LogP contribution in [0.15, 0.2) is 10.7 Å². The number of nitrogens with zero attached hydrogens (tertiary/aromatic N) is 2. The summed E-state index contributed by atoms with van der Waals surface area (Å²) in [5.41, 5.74) is 0. The number of carbonyl (C=O) groups excluding carboxylic acids is 1. The quantitative estimate of drug-likeness (QED) is 0.814. The molecule has 2 N–H and O–H groups in total. The van der Waals surface area contributed by atoms with Crippen LogP contribution >= 0.6 is 27.5 Å². The number of hydrogen-bond donors (Lipinski definition) is 2. The SMILES string of the molecule is O=C1CCC(Nc2nc(Cl)ncc2Br)CN1. The Morgan fingerprint density at radius 2 is 2.44 bits per heavy atom. The third-order valence-corrected chi connectivity index (χ3v) is 3.08. The zero-order valence-electron chi connectivity index (χ0n) is 8.33. The Hall–Kier alpha value is -0.880. The van der Waals surface area contributed by atoms with E-state index in [4.69, 9.17) is 11.6 Å². The fourth-order valence-electron chi connectivity index (χ4n) is 1.50. The van der Waals surface area contributed by atoms with Gasteiger partial charge in [-0.15, -0.1) is 0 Å². The number of rotatable bonds is 2. The van der Waals surface area contributed by atoms with E-state index >= 15 is 0 Å². The fraction of sp³-hybridized carbons (Fsp3) is 0.444. The van der Waals surface area contributed by atoms with E-state index in [2.05, 4.69) is 36.5 Å². The minimum absolute atomic E-state index is 0.0952. The lowest BCUT2D eigenvalue weighted by Gasteiger charge is -2.24. The minimum Gasteiger partial charge on any atom is -0.364 e. The molecule has 1 aromatic heterocycles. The topological polar surface area (TPSA) is 66.9 Å². The van der Waals surface area contributed by atoms with Crippen LogP contribution in [-0.2, 0) is 4.79 Å². The summed E-state index contributed by atoms with van der Waals surface area (Å²) in [5, 5.41) is 6.21. The van der Waals surface area contributed by atoms with Crippen LogP contribution in [0.25, 0.3) is 0 Å². The summed E-state index contributed by atoms with van der Waals surface area (Å²) in [6.45, 7) is 0.604. The summed E-state index contributed by atoms with van der Waals surface area (Å²) in [6, 6.07) is 0.181. The molecule has 86 valence electrons. The van der Waals surface area contributed by atoms with Crippen LogP contribution < -0.4 is 10.6 Å². The van der Waals surface area contributed by atoms with E-state index in [1.54, 1.807) is 6.20 Å². The molecular weight excluding hydrogens is 295 g/mol. The van der Waals surface area contributed by atoms with Gasteiger partial charge >= 0.3 is 0 Å². The van der Waals surface area contributed by atoms with Crippen LogP contribution in [0.4, 0.5) is 5.82 Å². The van der Waals surface area contributed by atoms with Gasteiger partial charge in [0.25, 0.3) is 0 Å². The molecule has 16 heavy (non-hydrogen) atoms. The van der Waals surface area contributed by atoms with E-state index in [0.717, 1.165) is 10.9 Å². The molecule has 0 saturated carbocycles. The monoisotopic (exact) mass is 304 g/mol. The molecule has 2 heterocycles. The molecular formula is C9H10BrClN4O. The maximum atomic E-state index is 11.0. The Kier molecular flexibility index (Phi) is 3.60. The summed E-state index contributed by atoms with van der Waals surface area (Å²) in [4.78, 5) is 18.9. The summed E-state index contributed by atoms with van der Waals surface area (Å²) in [7, 11) is 0. The molecule has 0 aliphatic carbocycles. The zero-order chi connectivity index (χ0) is 11.5. The predicted molar refractivity (Wildman–Crippen MR) is 64.4 cm³/mol. The largest absolute Gasteiger partial charge is 0.364 e. The second-order valence-electron chi connectivity index (χ2n) is 3.52. The van der Waals surface area contributed by atoms with E-state index in [1.807, 2.05) is 0 Å². The lowest BCUT2D eigenvalue weighted by Crippen LogP contribution is -2.42. The summed E-state index contributed by atoms with van der Waals surface area (Å²) in [6.07, 6.45) is 2.92. The standard InChI is InChI=1S/C9H10BrClN4O/c10-6-4-13-9(11)15-8(6)14-5-1-2-7(16)12-3-5/h4-5H,1-3H2,(H,12,16)(H,13,14,15). The Bertz CT molecular complexity index is 404. The maximum Gasteiger partial charge on any atom is 0.224 e. The van der Waals surface area contributed by atoms with Gasteiger partial charge in [-0.05, 0) is 34.0 Å². The van der Waals surface area contributed by atoms with Gasteiger partial charge in [-0.1, -0.05) is 0 Å². The molecule has 1 fully saturated rings. The highest BCUT2D eigenvalue weighted by Crippen LogP contribution is 2.22. The van der Waals surface area contributed by atoms with Crippen molar-refractivity contribution in [1.29, 1.82) is 0 Å². The van der Waals surface area contributed by atoms with Gasteiger partial charge in [0.1, 0.15) is 5.82 Å². The molecule has 0 spiro atoms.